The van der Waals surface area contributed by atoms with Gasteiger partial charge in [-0.3, -0.25) is 0 Å². The van der Waals surface area contributed by atoms with Crippen LogP contribution in [0.15, 0.2) is 10.7 Å². The molecule has 96 valence electrons. The highest BCUT2D eigenvalue weighted by Crippen LogP contribution is 2.22. The van der Waals surface area contributed by atoms with E-state index in [1.807, 2.05) is 14.1 Å². The predicted octanol–water partition coefficient (Wildman–Crippen LogP) is 2.00. The highest BCUT2D eigenvalue weighted by molar-refractivity contribution is 9.10. The van der Waals surface area contributed by atoms with Crippen molar-refractivity contribution in [2.75, 3.05) is 39.1 Å². The lowest BCUT2D eigenvalue weighted by Crippen LogP contribution is -2.20. The summed E-state index contributed by atoms with van der Waals surface area (Å²) in [4.78, 5) is 10.5. The standard InChI is InChI=1S/C11H19BrN4O/c1-4-5-13-11-14-8-9(12)10(15-11)17-7-6-16(2)3/h8H,4-7H2,1-3H3,(H,13,14,15). The fourth-order valence-corrected chi connectivity index (χ4v) is 1.41. The predicted molar refractivity (Wildman–Crippen MR) is 72.6 cm³/mol. The number of halogens is 1. The van der Waals surface area contributed by atoms with Crippen LogP contribution < -0.4 is 10.1 Å². The molecular weight excluding hydrogens is 284 g/mol. The molecule has 0 atom stereocenters. The fourth-order valence-electron chi connectivity index (χ4n) is 1.10. The molecule has 17 heavy (non-hydrogen) atoms. The van der Waals surface area contributed by atoms with Crippen LogP contribution in [-0.2, 0) is 0 Å². The van der Waals surface area contributed by atoms with Crippen LogP contribution in [0.4, 0.5) is 5.95 Å². The summed E-state index contributed by atoms with van der Waals surface area (Å²) >= 11 is 3.37. The van der Waals surface area contributed by atoms with Gasteiger partial charge in [-0.15, -0.1) is 0 Å². The van der Waals surface area contributed by atoms with Crippen LogP contribution >= 0.6 is 15.9 Å². The second kappa shape index (κ2) is 7.45. The molecule has 5 nitrogen and oxygen atoms in total. The molecule has 0 aliphatic heterocycles. The third kappa shape index (κ3) is 5.32. The van der Waals surface area contributed by atoms with Gasteiger partial charge in [-0.1, -0.05) is 6.92 Å². The van der Waals surface area contributed by atoms with E-state index in [1.54, 1.807) is 6.20 Å². The van der Waals surface area contributed by atoms with E-state index in [1.165, 1.54) is 0 Å². The monoisotopic (exact) mass is 302 g/mol. The normalized spacial score (nSPS) is 10.6. The van der Waals surface area contributed by atoms with Gasteiger partial charge < -0.3 is 15.0 Å². The van der Waals surface area contributed by atoms with E-state index in [2.05, 4.69) is 43.0 Å². The molecule has 1 N–H and O–H groups in total. The van der Waals surface area contributed by atoms with Crippen molar-refractivity contribution in [3.05, 3.63) is 10.7 Å². The molecule has 1 heterocycles. The minimum atomic E-state index is 0.584. The molecule has 1 aromatic rings. The largest absolute Gasteiger partial charge is 0.475 e. The molecule has 0 unspecified atom stereocenters. The maximum atomic E-state index is 5.59. The Kier molecular flexibility index (Phi) is 6.21. The number of rotatable bonds is 7. The Morgan fingerprint density at radius 2 is 2.24 bits per heavy atom. The van der Waals surface area contributed by atoms with Crippen LogP contribution in [-0.4, -0.2) is 48.7 Å². The molecular formula is C11H19BrN4O. The lowest BCUT2D eigenvalue weighted by molar-refractivity contribution is 0.252. The number of hydrogen-bond donors (Lipinski definition) is 1. The number of aromatic nitrogens is 2. The van der Waals surface area contributed by atoms with Crippen molar-refractivity contribution in [1.29, 1.82) is 0 Å². The zero-order valence-corrected chi connectivity index (χ0v) is 12.1. The first-order valence-corrected chi connectivity index (χ1v) is 6.46. The van der Waals surface area contributed by atoms with Crippen LogP contribution in [0.3, 0.4) is 0 Å². The SMILES string of the molecule is CCCNc1ncc(Br)c(OCCN(C)C)n1. The molecule has 0 radical (unpaired) electrons. The summed E-state index contributed by atoms with van der Waals surface area (Å²) < 4.78 is 6.36. The van der Waals surface area contributed by atoms with Gasteiger partial charge in [0.25, 0.3) is 0 Å². The molecule has 1 rings (SSSR count). The van der Waals surface area contributed by atoms with Gasteiger partial charge in [0.15, 0.2) is 0 Å². The molecule has 0 saturated heterocycles. The molecule has 0 amide bonds. The van der Waals surface area contributed by atoms with Gasteiger partial charge in [0.1, 0.15) is 6.61 Å². The van der Waals surface area contributed by atoms with Crippen LogP contribution in [0.25, 0.3) is 0 Å². The highest BCUT2D eigenvalue weighted by atomic mass is 79.9. The van der Waals surface area contributed by atoms with Crippen molar-refractivity contribution >= 4 is 21.9 Å². The summed E-state index contributed by atoms with van der Waals surface area (Å²) in [6.07, 6.45) is 2.74. The number of hydrogen-bond acceptors (Lipinski definition) is 5. The quantitative estimate of drug-likeness (QED) is 0.835. The smallest absolute Gasteiger partial charge is 0.232 e. The van der Waals surface area contributed by atoms with Crippen molar-refractivity contribution in [3.8, 4) is 5.88 Å². The van der Waals surface area contributed by atoms with Gasteiger partial charge >= 0.3 is 0 Å². The lowest BCUT2D eigenvalue weighted by atomic mass is 10.5. The van der Waals surface area contributed by atoms with Gasteiger partial charge in [-0.2, -0.15) is 4.98 Å². The topological polar surface area (TPSA) is 50.3 Å². The highest BCUT2D eigenvalue weighted by Gasteiger charge is 2.06. The van der Waals surface area contributed by atoms with Gasteiger partial charge in [0.05, 0.1) is 10.7 Å². The number of anilines is 1. The van der Waals surface area contributed by atoms with Crippen molar-refractivity contribution in [2.45, 2.75) is 13.3 Å². The number of likely N-dealkylation sites (N-methyl/N-ethyl adjacent to an activating group) is 1. The first kappa shape index (κ1) is 14.2. The zero-order chi connectivity index (χ0) is 12.7. The van der Waals surface area contributed by atoms with E-state index in [0.29, 0.717) is 18.4 Å². The van der Waals surface area contributed by atoms with Crippen molar-refractivity contribution in [1.82, 2.24) is 14.9 Å². The van der Waals surface area contributed by atoms with Gasteiger partial charge in [-0.25, -0.2) is 4.98 Å². The first-order valence-electron chi connectivity index (χ1n) is 5.67. The van der Waals surface area contributed by atoms with E-state index in [9.17, 15) is 0 Å². The molecule has 6 heteroatoms. The number of nitrogens with zero attached hydrogens (tertiary/aromatic N) is 3. The van der Waals surface area contributed by atoms with Crippen LogP contribution in [0.5, 0.6) is 5.88 Å². The second-order valence-corrected chi connectivity index (χ2v) is 4.78. The second-order valence-electron chi connectivity index (χ2n) is 3.93. The summed E-state index contributed by atoms with van der Waals surface area (Å²) in [7, 11) is 4.01. The maximum Gasteiger partial charge on any atom is 0.232 e. The Morgan fingerprint density at radius 1 is 1.47 bits per heavy atom. The fraction of sp³-hybridized carbons (Fsp3) is 0.636. The zero-order valence-electron chi connectivity index (χ0n) is 10.5. The van der Waals surface area contributed by atoms with Gasteiger partial charge in [-0.05, 0) is 36.4 Å². The number of ether oxygens (including phenoxy) is 1. The molecule has 1 aromatic heterocycles. The summed E-state index contributed by atoms with van der Waals surface area (Å²) in [5, 5.41) is 3.13. The van der Waals surface area contributed by atoms with E-state index < -0.39 is 0 Å². The minimum absolute atomic E-state index is 0.584. The molecule has 0 aliphatic rings. The Bertz CT molecular complexity index is 346. The molecule has 0 spiro atoms. The van der Waals surface area contributed by atoms with E-state index in [4.69, 9.17) is 4.74 Å². The lowest BCUT2D eigenvalue weighted by Gasteiger charge is -2.12. The van der Waals surface area contributed by atoms with Crippen LogP contribution in [0.2, 0.25) is 0 Å². The summed E-state index contributed by atoms with van der Waals surface area (Å²) in [6, 6.07) is 0. The third-order valence-corrected chi connectivity index (χ3v) is 2.57. The molecule has 0 bridgehead atoms. The van der Waals surface area contributed by atoms with E-state index in [0.717, 1.165) is 24.0 Å². The van der Waals surface area contributed by atoms with Crippen molar-refractivity contribution < 1.29 is 4.74 Å². The third-order valence-electron chi connectivity index (χ3n) is 2.02. The Balaban J connectivity index is 2.56. The number of nitrogens with one attached hydrogen (secondary N) is 1. The van der Waals surface area contributed by atoms with E-state index in [-0.39, 0.29) is 0 Å². The van der Waals surface area contributed by atoms with E-state index >= 15 is 0 Å². The molecule has 0 saturated carbocycles. The summed E-state index contributed by atoms with van der Waals surface area (Å²) in [5.74, 6) is 1.19. The maximum absolute atomic E-state index is 5.59. The first-order chi connectivity index (χ1) is 8.13. The van der Waals surface area contributed by atoms with Crippen LogP contribution in [0.1, 0.15) is 13.3 Å². The summed E-state index contributed by atoms with van der Waals surface area (Å²) in [6.45, 7) is 4.42. The average molecular weight is 303 g/mol. The Morgan fingerprint density at radius 3 is 2.88 bits per heavy atom. The Labute approximate surface area is 111 Å². The molecule has 0 aromatic carbocycles. The van der Waals surface area contributed by atoms with Crippen LogP contribution in [0, 0.1) is 0 Å². The minimum Gasteiger partial charge on any atom is -0.475 e. The van der Waals surface area contributed by atoms with Gasteiger partial charge in [0, 0.05) is 13.1 Å². The summed E-state index contributed by atoms with van der Waals surface area (Å²) in [5.41, 5.74) is 0. The molecule has 0 fully saturated rings. The Hall–Kier alpha value is -0.880. The van der Waals surface area contributed by atoms with Gasteiger partial charge in [0.2, 0.25) is 11.8 Å². The average Bonchev–Trinajstić information content (AvgIpc) is 2.29. The molecule has 0 aliphatic carbocycles. The van der Waals surface area contributed by atoms with Crippen molar-refractivity contribution in [2.24, 2.45) is 0 Å². The van der Waals surface area contributed by atoms with Crippen molar-refractivity contribution in [3.63, 3.8) is 0 Å².